The van der Waals surface area contributed by atoms with Crippen molar-refractivity contribution in [3.63, 3.8) is 0 Å². The van der Waals surface area contributed by atoms with Gasteiger partial charge >= 0.3 is 5.69 Å². The molecule has 3 rings (SSSR count). The fraction of sp³-hybridized carbons (Fsp3) is 0.476. The van der Waals surface area contributed by atoms with Crippen LogP contribution in [0, 0.1) is 11.8 Å². The number of benzene rings is 1. The minimum absolute atomic E-state index is 0.00337. The second-order valence-electron chi connectivity index (χ2n) is 8.16. The Labute approximate surface area is 169 Å². The van der Waals surface area contributed by atoms with Gasteiger partial charge in [-0.05, 0) is 23.8 Å². The fourth-order valence-corrected chi connectivity index (χ4v) is 4.17. The number of nitrogen functional groups attached to an aromatic ring is 1. The number of H-pyrrole nitrogens is 1. The van der Waals surface area contributed by atoms with Gasteiger partial charge in [-0.3, -0.25) is 24.0 Å². The molecule has 1 saturated heterocycles. The maximum atomic E-state index is 12.9. The molecule has 2 atom stereocenters. The van der Waals surface area contributed by atoms with Crippen LogP contribution < -0.4 is 21.9 Å². The lowest BCUT2D eigenvalue weighted by Gasteiger charge is -2.35. The second-order valence-corrected chi connectivity index (χ2v) is 8.16. The molecular weight excluding hydrogens is 370 g/mol. The van der Waals surface area contributed by atoms with E-state index in [0.29, 0.717) is 11.8 Å². The fourth-order valence-electron chi connectivity index (χ4n) is 4.17. The molecule has 156 valence electrons. The molecule has 29 heavy (non-hydrogen) atoms. The monoisotopic (exact) mass is 399 g/mol. The second kappa shape index (κ2) is 8.65. The molecule has 0 radical (unpaired) electrons. The van der Waals surface area contributed by atoms with Gasteiger partial charge in [-0.25, -0.2) is 4.79 Å². The quantitative estimate of drug-likeness (QED) is 0.784. The highest BCUT2D eigenvalue weighted by Crippen LogP contribution is 2.22. The molecule has 0 saturated carbocycles. The first-order valence-corrected chi connectivity index (χ1v) is 9.91. The number of likely N-dealkylation sites (N-methyl/N-ethyl adjacent to an activating group) is 1. The highest BCUT2D eigenvalue weighted by molar-refractivity contribution is 5.96. The topological polar surface area (TPSA) is 104 Å². The van der Waals surface area contributed by atoms with Crippen LogP contribution in [0.3, 0.4) is 0 Å². The summed E-state index contributed by atoms with van der Waals surface area (Å²) in [6, 6.07) is 9.33. The molecule has 0 aliphatic carbocycles. The molecule has 1 aromatic heterocycles. The van der Waals surface area contributed by atoms with Crippen molar-refractivity contribution in [2.45, 2.75) is 26.8 Å². The third-order valence-electron chi connectivity index (χ3n) is 5.41. The number of carbonyl (C=O) groups excluding carboxylic acids is 1. The number of nitrogens with two attached hydrogens (primary N) is 1. The Morgan fingerprint density at radius 3 is 2.41 bits per heavy atom. The molecule has 1 aromatic carbocycles. The van der Waals surface area contributed by atoms with E-state index in [0.717, 1.165) is 25.1 Å². The average Bonchev–Trinajstić information content (AvgIpc) is 2.65. The predicted molar refractivity (Wildman–Crippen MR) is 114 cm³/mol. The number of piperidine rings is 1. The number of rotatable bonds is 5. The summed E-state index contributed by atoms with van der Waals surface area (Å²) in [5.74, 6) is 0.809. The Morgan fingerprint density at radius 1 is 1.17 bits per heavy atom. The van der Waals surface area contributed by atoms with Gasteiger partial charge < -0.3 is 10.6 Å². The van der Waals surface area contributed by atoms with Crippen molar-refractivity contribution < 1.29 is 4.79 Å². The van der Waals surface area contributed by atoms with E-state index in [1.807, 2.05) is 30.3 Å². The molecule has 1 fully saturated rings. The number of likely N-dealkylation sites (tertiary alicyclic amines) is 1. The maximum absolute atomic E-state index is 12.9. The van der Waals surface area contributed by atoms with E-state index in [2.05, 4.69) is 23.7 Å². The van der Waals surface area contributed by atoms with Crippen LogP contribution in [0.1, 0.15) is 25.8 Å². The maximum Gasteiger partial charge on any atom is 0.330 e. The first kappa shape index (κ1) is 20.9. The summed E-state index contributed by atoms with van der Waals surface area (Å²) >= 11 is 0. The van der Waals surface area contributed by atoms with Gasteiger partial charge in [-0.1, -0.05) is 44.2 Å². The molecule has 3 N–H and O–H groups in total. The Hall–Kier alpha value is -2.87. The van der Waals surface area contributed by atoms with Crippen molar-refractivity contribution >= 4 is 17.4 Å². The van der Waals surface area contributed by atoms with Gasteiger partial charge in [0.25, 0.3) is 5.56 Å². The largest absolute Gasteiger partial charge is 0.383 e. The zero-order valence-corrected chi connectivity index (χ0v) is 17.2. The Bertz CT molecular complexity index is 972. The Morgan fingerprint density at radius 2 is 1.79 bits per heavy atom. The Balaban J connectivity index is 1.85. The zero-order valence-electron chi connectivity index (χ0n) is 17.2. The Kier molecular flexibility index (Phi) is 6.22. The van der Waals surface area contributed by atoms with Crippen LogP contribution >= 0.6 is 0 Å². The first-order chi connectivity index (χ1) is 13.8. The summed E-state index contributed by atoms with van der Waals surface area (Å²) < 4.78 is 1.28. The lowest BCUT2D eigenvalue weighted by molar-refractivity contribution is -0.120. The third kappa shape index (κ3) is 4.76. The average molecular weight is 399 g/mol. The molecule has 8 nitrogen and oxygen atoms in total. The number of anilines is 2. The smallest absolute Gasteiger partial charge is 0.330 e. The van der Waals surface area contributed by atoms with Crippen molar-refractivity contribution in [3.8, 4) is 0 Å². The summed E-state index contributed by atoms with van der Waals surface area (Å²) in [6.07, 6.45) is 1.15. The number of hydrogen-bond acceptors (Lipinski definition) is 5. The molecule has 2 heterocycles. The molecule has 0 spiro atoms. The van der Waals surface area contributed by atoms with Crippen molar-refractivity contribution in [2.24, 2.45) is 11.8 Å². The van der Waals surface area contributed by atoms with Crippen LogP contribution in [-0.2, 0) is 11.3 Å². The number of nitrogens with zero attached hydrogens (tertiary/aromatic N) is 3. The molecule has 0 bridgehead atoms. The van der Waals surface area contributed by atoms with Gasteiger partial charge in [0, 0.05) is 20.1 Å². The van der Waals surface area contributed by atoms with Crippen molar-refractivity contribution in [3.05, 3.63) is 56.7 Å². The van der Waals surface area contributed by atoms with E-state index < -0.39 is 11.2 Å². The molecule has 1 aliphatic rings. The number of aromatic nitrogens is 2. The van der Waals surface area contributed by atoms with E-state index in [9.17, 15) is 14.4 Å². The molecule has 0 unspecified atom stereocenters. The van der Waals surface area contributed by atoms with Gasteiger partial charge in [0.1, 0.15) is 5.82 Å². The van der Waals surface area contributed by atoms with E-state index >= 15 is 0 Å². The number of aromatic amines is 1. The minimum atomic E-state index is -0.659. The molecule has 1 amide bonds. The van der Waals surface area contributed by atoms with E-state index in [1.54, 1.807) is 0 Å². The van der Waals surface area contributed by atoms with Gasteiger partial charge in [-0.2, -0.15) is 0 Å². The van der Waals surface area contributed by atoms with Crippen LogP contribution in [0.25, 0.3) is 0 Å². The van der Waals surface area contributed by atoms with Crippen LogP contribution in [-0.4, -0.2) is 47.0 Å². The van der Waals surface area contributed by atoms with Gasteiger partial charge in [0.05, 0.1) is 13.1 Å². The number of amides is 1. The summed E-state index contributed by atoms with van der Waals surface area (Å²) in [5, 5.41) is 0. The van der Waals surface area contributed by atoms with Crippen LogP contribution in [0.15, 0.2) is 39.9 Å². The van der Waals surface area contributed by atoms with Crippen LogP contribution in [0.4, 0.5) is 11.5 Å². The van der Waals surface area contributed by atoms with E-state index in [1.165, 1.54) is 16.5 Å². The van der Waals surface area contributed by atoms with E-state index in [4.69, 9.17) is 5.73 Å². The van der Waals surface area contributed by atoms with Crippen molar-refractivity contribution in [1.29, 1.82) is 0 Å². The van der Waals surface area contributed by atoms with Crippen molar-refractivity contribution in [2.75, 3.05) is 37.3 Å². The summed E-state index contributed by atoms with van der Waals surface area (Å²) in [5.41, 5.74) is 5.80. The van der Waals surface area contributed by atoms with Gasteiger partial charge in [-0.15, -0.1) is 0 Å². The molecule has 1 aliphatic heterocycles. The molecule has 2 aromatic rings. The third-order valence-corrected chi connectivity index (χ3v) is 5.41. The van der Waals surface area contributed by atoms with Crippen LogP contribution in [0.5, 0.6) is 0 Å². The van der Waals surface area contributed by atoms with Crippen LogP contribution in [0.2, 0.25) is 0 Å². The van der Waals surface area contributed by atoms with E-state index in [-0.39, 0.29) is 30.5 Å². The van der Waals surface area contributed by atoms with Gasteiger partial charge in [0.15, 0.2) is 5.69 Å². The highest BCUT2D eigenvalue weighted by atomic mass is 16.2. The molecule has 8 heteroatoms. The highest BCUT2D eigenvalue weighted by Gasteiger charge is 2.26. The summed E-state index contributed by atoms with van der Waals surface area (Å²) in [6.45, 7) is 6.48. The number of hydrogen-bond donors (Lipinski definition) is 2. The predicted octanol–water partition coefficient (Wildman–Crippen LogP) is 1.11. The number of nitrogens with one attached hydrogen (secondary N) is 1. The lowest BCUT2D eigenvalue weighted by Crippen LogP contribution is -2.47. The minimum Gasteiger partial charge on any atom is -0.383 e. The van der Waals surface area contributed by atoms with Gasteiger partial charge in [0.2, 0.25) is 5.91 Å². The first-order valence-electron chi connectivity index (χ1n) is 9.91. The zero-order chi connectivity index (χ0) is 21.1. The van der Waals surface area contributed by atoms with Crippen molar-refractivity contribution in [1.82, 2.24) is 14.5 Å². The normalized spacial score (nSPS) is 19.8. The SMILES string of the molecule is C[C@@H]1C[C@@H](C)CN(CC(=O)N(C)c2c(N)n(Cc3ccccc3)c(=O)[nH]c2=O)C1. The standard InChI is InChI=1S/C21H29N5O3/c1-14-9-15(2)11-25(10-14)13-17(27)24(3)18-19(22)26(21(29)23-20(18)28)12-16-7-5-4-6-8-16/h4-8,14-15H,9-13,22H2,1-3H3,(H,23,28,29)/t14-,15-/m1/s1. The number of carbonyl (C=O) groups is 1. The molecular formula is C21H29N5O3. The lowest BCUT2D eigenvalue weighted by atomic mass is 9.92. The summed E-state index contributed by atoms with van der Waals surface area (Å²) in [4.78, 5) is 43.3. The summed E-state index contributed by atoms with van der Waals surface area (Å²) in [7, 11) is 1.53.